The molecule has 1 aliphatic rings. The summed E-state index contributed by atoms with van der Waals surface area (Å²) in [5, 5.41) is 11.9. The van der Waals surface area contributed by atoms with Crippen molar-refractivity contribution in [1.29, 1.82) is 5.26 Å². The second kappa shape index (κ2) is 10.8. The minimum absolute atomic E-state index is 0.00992. The van der Waals surface area contributed by atoms with Crippen LogP contribution in [0, 0.1) is 17.1 Å². The summed E-state index contributed by atoms with van der Waals surface area (Å²) in [6, 6.07) is 13.6. The molecule has 1 fully saturated rings. The van der Waals surface area contributed by atoms with Gasteiger partial charge in [0.1, 0.15) is 11.4 Å². The van der Waals surface area contributed by atoms with Gasteiger partial charge in [-0.05, 0) is 57.9 Å². The molecule has 2 amide bonds. The molecule has 2 aromatic carbocycles. The Hall–Kier alpha value is -4.78. The molecular weight excluding hydrogens is 511 g/mol. The van der Waals surface area contributed by atoms with Crippen LogP contribution in [0.3, 0.4) is 0 Å². The molecule has 0 unspecified atom stereocenters. The first kappa shape index (κ1) is 26.8. The Morgan fingerprint density at radius 1 is 1.05 bits per heavy atom. The maximum absolute atomic E-state index is 15.2. The van der Waals surface area contributed by atoms with Gasteiger partial charge in [-0.1, -0.05) is 18.2 Å². The van der Waals surface area contributed by atoms with Gasteiger partial charge in [0.2, 0.25) is 0 Å². The number of likely N-dealkylation sites (tertiary alicyclic amines) is 1. The number of fused-ring (bicyclic) bond motifs is 1. The van der Waals surface area contributed by atoms with Crippen LogP contribution >= 0.6 is 0 Å². The smallest absolute Gasteiger partial charge is 0.407 e. The van der Waals surface area contributed by atoms with E-state index in [0.29, 0.717) is 48.4 Å². The summed E-state index contributed by atoms with van der Waals surface area (Å²) in [4.78, 5) is 35.6. The van der Waals surface area contributed by atoms with E-state index in [-0.39, 0.29) is 17.5 Å². The van der Waals surface area contributed by atoms with E-state index < -0.39 is 17.5 Å². The van der Waals surface area contributed by atoms with Crippen LogP contribution in [0.25, 0.3) is 28.2 Å². The fraction of sp³-hybridized carbons (Fsp3) is 0.300. The van der Waals surface area contributed by atoms with Crippen molar-refractivity contribution in [3.63, 3.8) is 0 Å². The Labute approximate surface area is 231 Å². The number of amides is 2. The maximum Gasteiger partial charge on any atom is 0.407 e. The Balaban J connectivity index is 1.29. The summed E-state index contributed by atoms with van der Waals surface area (Å²) < 4.78 is 22.4. The van der Waals surface area contributed by atoms with Gasteiger partial charge >= 0.3 is 6.09 Å². The van der Waals surface area contributed by atoms with Gasteiger partial charge in [-0.15, -0.1) is 0 Å². The molecule has 0 bridgehead atoms. The molecule has 4 aromatic rings. The van der Waals surface area contributed by atoms with Crippen molar-refractivity contribution in [2.75, 3.05) is 13.1 Å². The van der Waals surface area contributed by atoms with Crippen LogP contribution in [0.2, 0.25) is 0 Å². The Morgan fingerprint density at radius 2 is 1.75 bits per heavy atom. The second-order valence-electron chi connectivity index (χ2n) is 10.7. The van der Waals surface area contributed by atoms with Crippen LogP contribution in [0.1, 0.15) is 49.5 Å². The van der Waals surface area contributed by atoms with Crippen molar-refractivity contribution in [2.45, 2.75) is 45.3 Å². The maximum atomic E-state index is 15.2. The highest BCUT2D eigenvalue weighted by Gasteiger charge is 2.27. The van der Waals surface area contributed by atoms with Crippen molar-refractivity contribution in [1.82, 2.24) is 24.6 Å². The number of nitrogens with zero attached hydrogens (tertiary/aromatic N) is 5. The topological polar surface area (TPSA) is 113 Å². The predicted octanol–water partition coefficient (Wildman–Crippen LogP) is 5.20. The van der Waals surface area contributed by atoms with Gasteiger partial charge in [-0.25, -0.2) is 14.2 Å². The van der Waals surface area contributed by atoms with Crippen LogP contribution in [0.5, 0.6) is 0 Å². The lowest BCUT2D eigenvalue weighted by Crippen LogP contribution is -2.47. The van der Waals surface area contributed by atoms with Gasteiger partial charge in [-0.3, -0.25) is 14.2 Å². The number of ether oxygens (including phenoxy) is 1. The first-order valence-electron chi connectivity index (χ1n) is 13.0. The molecule has 1 aliphatic heterocycles. The van der Waals surface area contributed by atoms with E-state index in [2.05, 4.69) is 21.4 Å². The van der Waals surface area contributed by atoms with Gasteiger partial charge in [0.15, 0.2) is 5.65 Å². The van der Waals surface area contributed by atoms with E-state index in [9.17, 15) is 9.59 Å². The summed E-state index contributed by atoms with van der Waals surface area (Å²) in [6.45, 7) is 6.20. The molecule has 0 radical (unpaired) electrons. The van der Waals surface area contributed by atoms with Gasteiger partial charge in [0.25, 0.3) is 5.91 Å². The number of nitriles is 1. The van der Waals surface area contributed by atoms with E-state index in [0.717, 1.165) is 11.3 Å². The lowest BCUT2D eigenvalue weighted by molar-refractivity contribution is 0.0473. The first-order valence-corrected chi connectivity index (χ1v) is 13.0. The molecule has 5 rings (SSSR count). The molecule has 0 atom stereocenters. The van der Waals surface area contributed by atoms with Crippen molar-refractivity contribution >= 4 is 17.6 Å². The summed E-state index contributed by atoms with van der Waals surface area (Å²) in [6.07, 6.45) is 5.73. The predicted molar refractivity (Wildman–Crippen MR) is 147 cm³/mol. The fourth-order valence-corrected chi connectivity index (χ4v) is 4.69. The molecule has 2 aromatic heterocycles. The average molecular weight is 541 g/mol. The Kier molecular flexibility index (Phi) is 7.22. The lowest BCUT2D eigenvalue weighted by Gasteiger charge is -2.33. The van der Waals surface area contributed by atoms with Crippen LogP contribution < -0.4 is 5.32 Å². The number of benzene rings is 2. The van der Waals surface area contributed by atoms with E-state index in [1.165, 1.54) is 12.1 Å². The van der Waals surface area contributed by atoms with Crippen LogP contribution in [-0.4, -0.2) is 56.0 Å². The minimum Gasteiger partial charge on any atom is -0.444 e. The number of piperidine rings is 1. The fourth-order valence-electron chi connectivity index (χ4n) is 4.69. The Morgan fingerprint density at radius 3 is 2.40 bits per heavy atom. The van der Waals surface area contributed by atoms with E-state index >= 15 is 4.39 Å². The number of carbonyl (C=O) groups is 2. The number of rotatable bonds is 4. The monoisotopic (exact) mass is 540 g/mol. The first-order chi connectivity index (χ1) is 19.1. The molecule has 0 saturated carbocycles. The molecular formula is C30H29FN6O3. The van der Waals surface area contributed by atoms with Crippen molar-refractivity contribution in [3.05, 3.63) is 78.0 Å². The average Bonchev–Trinajstić information content (AvgIpc) is 3.35. The zero-order valence-corrected chi connectivity index (χ0v) is 22.5. The third-order valence-corrected chi connectivity index (χ3v) is 6.70. The second-order valence-corrected chi connectivity index (χ2v) is 10.7. The van der Waals surface area contributed by atoms with Crippen molar-refractivity contribution < 1.29 is 18.7 Å². The van der Waals surface area contributed by atoms with Crippen molar-refractivity contribution in [3.8, 4) is 28.6 Å². The molecule has 1 saturated heterocycles. The summed E-state index contributed by atoms with van der Waals surface area (Å²) >= 11 is 0. The van der Waals surface area contributed by atoms with Gasteiger partial charge in [0.05, 0.1) is 41.0 Å². The zero-order valence-electron chi connectivity index (χ0n) is 22.5. The SMILES string of the molecule is CC(C)(C)OC(=O)NC1CCN(C(=O)c2ccc(-c3cn4c(-c5ccc(C#N)cc5)cnc4cn3)cc2F)CC1. The van der Waals surface area contributed by atoms with Gasteiger partial charge in [-0.2, -0.15) is 5.26 Å². The van der Waals surface area contributed by atoms with Crippen LogP contribution in [0.4, 0.5) is 9.18 Å². The van der Waals surface area contributed by atoms with Crippen LogP contribution in [-0.2, 0) is 4.74 Å². The third-order valence-electron chi connectivity index (χ3n) is 6.70. The summed E-state index contributed by atoms with van der Waals surface area (Å²) in [5.74, 6) is -1.02. The highest BCUT2D eigenvalue weighted by atomic mass is 19.1. The summed E-state index contributed by atoms with van der Waals surface area (Å²) in [7, 11) is 0. The highest BCUT2D eigenvalue weighted by molar-refractivity contribution is 5.95. The molecule has 1 N–H and O–H groups in total. The number of hydrogen-bond donors (Lipinski definition) is 1. The zero-order chi connectivity index (χ0) is 28.4. The number of nitrogens with one attached hydrogen (secondary N) is 1. The lowest BCUT2D eigenvalue weighted by atomic mass is 10.0. The van der Waals surface area contributed by atoms with Gasteiger partial charge < -0.3 is 15.0 Å². The van der Waals surface area contributed by atoms with E-state index in [1.54, 1.807) is 62.5 Å². The number of carbonyl (C=O) groups excluding carboxylic acids is 2. The summed E-state index contributed by atoms with van der Waals surface area (Å²) in [5.41, 5.74) is 3.32. The minimum atomic E-state index is -0.628. The normalized spacial score (nSPS) is 14.1. The van der Waals surface area contributed by atoms with Crippen molar-refractivity contribution in [2.24, 2.45) is 0 Å². The molecule has 10 heteroatoms. The molecule has 204 valence electrons. The van der Waals surface area contributed by atoms with Gasteiger partial charge in [0, 0.05) is 36.5 Å². The number of alkyl carbamates (subject to hydrolysis) is 1. The largest absolute Gasteiger partial charge is 0.444 e. The number of halogens is 1. The highest BCUT2D eigenvalue weighted by Crippen LogP contribution is 2.26. The molecule has 40 heavy (non-hydrogen) atoms. The standard InChI is InChI=1S/C30H29FN6O3/c1-30(2,3)40-29(39)35-22-10-12-36(13-11-22)28(38)23-9-8-21(14-24(23)31)25-18-37-26(16-34-27(37)17-33-25)20-6-4-19(15-32)5-7-20/h4-9,14,16-18,22H,10-13H2,1-3H3,(H,35,39). The molecule has 0 aliphatic carbocycles. The molecule has 3 heterocycles. The Bertz CT molecular complexity index is 1610. The number of aromatic nitrogens is 3. The van der Waals surface area contributed by atoms with E-state index in [4.69, 9.17) is 10.00 Å². The number of imidazole rings is 1. The number of hydrogen-bond acceptors (Lipinski definition) is 6. The molecule has 9 nitrogen and oxygen atoms in total. The quantitative estimate of drug-likeness (QED) is 0.381. The molecule has 0 spiro atoms. The third kappa shape index (κ3) is 5.78. The van der Waals surface area contributed by atoms with E-state index in [1.807, 2.05) is 16.5 Å². The van der Waals surface area contributed by atoms with Crippen LogP contribution in [0.15, 0.2) is 61.1 Å².